The number of aromatic nitrogens is 3. The second-order valence-corrected chi connectivity index (χ2v) is 3.06. The van der Waals surface area contributed by atoms with Crippen LogP contribution in [0.3, 0.4) is 0 Å². The largest absolute Gasteiger partial charge is 0.433 e. The summed E-state index contributed by atoms with van der Waals surface area (Å²) in [6.07, 6.45) is -1.51. The van der Waals surface area contributed by atoms with Crippen LogP contribution in [0.4, 0.5) is 13.2 Å². The summed E-state index contributed by atoms with van der Waals surface area (Å²) in [5.41, 5.74) is -1.30. The van der Waals surface area contributed by atoms with Gasteiger partial charge in [0.15, 0.2) is 12.0 Å². The SMILES string of the molecule is O=Cc1nc(-c2cc[nH]c2)[nH]c1C(F)(F)F. The van der Waals surface area contributed by atoms with Crippen molar-refractivity contribution in [1.82, 2.24) is 15.0 Å². The third-order valence-electron chi connectivity index (χ3n) is 2.00. The van der Waals surface area contributed by atoms with Crippen LogP contribution in [0.15, 0.2) is 18.5 Å². The fourth-order valence-electron chi connectivity index (χ4n) is 1.30. The molecule has 4 nitrogen and oxygen atoms in total. The lowest BCUT2D eigenvalue weighted by Gasteiger charge is -2.02. The van der Waals surface area contributed by atoms with Gasteiger partial charge in [-0.05, 0) is 6.07 Å². The molecule has 2 heterocycles. The van der Waals surface area contributed by atoms with E-state index in [9.17, 15) is 18.0 Å². The maximum Gasteiger partial charge on any atom is 0.433 e. The predicted molar refractivity (Wildman–Crippen MR) is 48.8 cm³/mol. The monoisotopic (exact) mass is 229 g/mol. The Kier molecular flexibility index (Phi) is 2.30. The van der Waals surface area contributed by atoms with E-state index in [2.05, 4.69) is 15.0 Å². The van der Waals surface area contributed by atoms with Crippen LogP contribution >= 0.6 is 0 Å². The third kappa shape index (κ3) is 1.71. The first-order chi connectivity index (χ1) is 7.52. The van der Waals surface area contributed by atoms with Crippen molar-refractivity contribution in [2.75, 3.05) is 0 Å². The molecule has 2 rings (SSSR count). The number of halogens is 3. The van der Waals surface area contributed by atoms with E-state index in [-0.39, 0.29) is 12.1 Å². The number of aromatic amines is 2. The van der Waals surface area contributed by atoms with Crippen LogP contribution in [0.2, 0.25) is 0 Å². The fraction of sp³-hybridized carbons (Fsp3) is 0.111. The highest BCUT2D eigenvalue weighted by Crippen LogP contribution is 2.31. The van der Waals surface area contributed by atoms with E-state index < -0.39 is 17.6 Å². The zero-order valence-electron chi connectivity index (χ0n) is 7.80. The lowest BCUT2D eigenvalue weighted by Crippen LogP contribution is -2.08. The van der Waals surface area contributed by atoms with Gasteiger partial charge >= 0.3 is 6.18 Å². The first-order valence-electron chi connectivity index (χ1n) is 4.28. The molecule has 0 bridgehead atoms. The van der Waals surface area contributed by atoms with Crippen LogP contribution in [0.1, 0.15) is 16.2 Å². The van der Waals surface area contributed by atoms with Gasteiger partial charge < -0.3 is 9.97 Å². The topological polar surface area (TPSA) is 61.5 Å². The van der Waals surface area contributed by atoms with Gasteiger partial charge in [-0.25, -0.2) is 4.98 Å². The summed E-state index contributed by atoms with van der Waals surface area (Å²) in [5.74, 6) is 0.00988. The molecule has 0 atom stereocenters. The van der Waals surface area contributed by atoms with Crippen molar-refractivity contribution in [2.24, 2.45) is 0 Å². The zero-order valence-corrected chi connectivity index (χ0v) is 7.80. The van der Waals surface area contributed by atoms with Crippen LogP contribution in [-0.4, -0.2) is 21.2 Å². The minimum Gasteiger partial charge on any atom is -0.367 e. The molecule has 0 aromatic carbocycles. The Hall–Kier alpha value is -2.05. The molecule has 0 aliphatic rings. The van der Waals surface area contributed by atoms with E-state index in [4.69, 9.17) is 0 Å². The van der Waals surface area contributed by atoms with Gasteiger partial charge in [0.2, 0.25) is 0 Å². The average Bonchev–Trinajstić information content (AvgIpc) is 2.85. The Balaban J connectivity index is 2.52. The van der Waals surface area contributed by atoms with Crippen molar-refractivity contribution >= 4 is 6.29 Å². The lowest BCUT2D eigenvalue weighted by molar-refractivity contribution is -0.141. The van der Waals surface area contributed by atoms with Gasteiger partial charge in [-0.3, -0.25) is 4.79 Å². The molecule has 0 saturated carbocycles. The molecule has 0 aliphatic heterocycles. The summed E-state index contributed by atoms with van der Waals surface area (Å²) in [6.45, 7) is 0. The van der Waals surface area contributed by atoms with Gasteiger partial charge in [-0.15, -0.1) is 0 Å². The maximum absolute atomic E-state index is 12.5. The molecule has 16 heavy (non-hydrogen) atoms. The number of imidazole rings is 1. The molecule has 2 N–H and O–H groups in total. The van der Waals surface area contributed by atoms with Crippen LogP contribution in [0.25, 0.3) is 11.4 Å². The summed E-state index contributed by atoms with van der Waals surface area (Å²) < 4.78 is 37.4. The van der Waals surface area contributed by atoms with Crippen molar-refractivity contribution in [3.63, 3.8) is 0 Å². The van der Waals surface area contributed by atoms with Crippen LogP contribution < -0.4 is 0 Å². The highest BCUT2D eigenvalue weighted by atomic mass is 19.4. The number of carbonyl (C=O) groups excluding carboxylic acids is 1. The number of nitrogens with one attached hydrogen (secondary N) is 2. The minimum atomic E-state index is -4.61. The zero-order chi connectivity index (χ0) is 11.8. The van der Waals surface area contributed by atoms with E-state index in [0.717, 1.165) is 0 Å². The molecule has 84 valence electrons. The Labute approximate surface area is 87.5 Å². The number of carbonyl (C=O) groups is 1. The Bertz CT molecular complexity index is 499. The van der Waals surface area contributed by atoms with Crippen molar-refractivity contribution in [2.45, 2.75) is 6.18 Å². The summed E-state index contributed by atoms with van der Waals surface area (Å²) in [5, 5.41) is 0. The predicted octanol–water partition coefficient (Wildman–Crippen LogP) is 2.24. The molecule has 0 unspecified atom stereocenters. The second kappa shape index (κ2) is 3.51. The average molecular weight is 229 g/mol. The highest BCUT2D eigenvalue weighted by molar-refractivity contribution is 5.76. The maximum atomic E-state index is 12.5. The van der Waals surface area contributed by atoms with Crippen molar-refractivity contribution in [3.8, 4) is 11.4 Å². The lowest BCUT2D eigenvalue weighted by atomic mass is 10.3. The minimum absolute atomic E-state index is 0.00988. The number of rotatable bonds is 2. The first-order valence-corrected chi connectivity index (χ1v) is 4.28. The molecule has 0 saturated heterocycles. The number of aldehydes is 1. The number of alkyl halides is 3. The molecular weight excluding hydrogens is 223 g/mol. The van der Waals surface area contributed by atoms with Crippen molar-refractivity contribution in [3.05, 3.63) is 29.8 Å². The molecule has 0 radical (unpaired) electrons. The van der Waals surface area contributed by atoms with Gasteiger partial charge in [0.05, 0.1) is 0 Å². The molecule has 0 fully saturated rings. The van der Waals surface area contributed by atoms with Gasteiger partial charge in [0.25, 0.3) is 0 Å². The first kappa shape index (κ1) is 10.5. The van der Waals surface area contributed by atoms with E-state index >= 15 is 0 Å². The van der Waals surface area contributed by atoms with Gasteiger partial charge in [-0.2, -0.15) is 13.2 Å². The molecule has 0 aliphatic carbocycles. The van der Waals surface area contributed by atoms with E-state index in [1.807, 2.05) is 0 Å². The standard InChI is InChI=1S/C9H6F3N3O/c10-9(11,12)7-6(4-16)14-8(15-7)5-1-2-13-3-5/h1-4,13H,(H,14,15). The number of H-pyrrole nitrogens is 2. The number of hydrogen-bond donors (Lipinski definition) is 2. The summed E-state index contributed by atoms with van der Waals surface area (Å²) in [6, 6.07) is 1.55. The van der Waals surface area contributed by atoms with E-state index in [1.165, 1.54) is 6.20 Å². The van der Waals surface area contributed by atoms with Crippen LogP contribution in [0.5, 0.6) is 0 Å². The van der Waals surface area contributed by atoms with E-state index in [1.54, 1.807) is 12.3 Å². The third-order valence-corrected chi connectivity index (χ3v) is 2.00. The molecule has 2 aromatic rings. The molecule has 2 aromatic heterocycles. The summed E-state index contributed by atoms with van der Waals surface area (Å²) >= 11 is 0. The van der Waals surface area contributed by atoms with Gasteiger partial charge in [0, 0.05) is 18.0 Å². The molecule has 7 heteroatoms. The van der Waals surface area contributed by atoms with Crippen molar-refractivity contribution in [1.29, 1.82) is 0 Å². The second-order valence-electron chi connectivity index (χ2n) is 3.06. The van der Waals surface area contributed by atoms with Gasteiger partial charge in [-0.1, -0.05) is 0 Å². The molecular formula is C9H6F3N3O. The van der Waals surface area contributed by atoms with Crippen LogP contribution in [0, 0.1) is 0 Å². The van der Waals surface area contributed by atoms with Crippen LogP contribution in [-0.2, 0) is 6.18 Å². The highest BCUT2D eigenvalue weighted by Gasteiger charge is 2.36. The molecule has 0 spiro atoms. The number of hydrogen-bond acceptors (Lipinski definition) is 2. The van der Waals surface area contributed by atoms with Crippen molar-refractivity contribution < 1.29 is 18.0 Å². The number of nitrogens with zero attached hydrogens (tertiary/aromatic N) is 1. The van der Waals surface area contributed by atoms with E-state index in [0.29, 0.717) is 5.56 Å². The quantitative estimate of drug-likeness (QED) is 0.775. The Morgan fingerprint density at radius 1 is 1.38 bits per heavy atom. The normalized spacial score (nSPS) is 11.7. The summed E-state index contributed by atoms with van der Waals surface area (Å²) in [7, 11) is 0. The Morgan fingerprint density at radius 3 is 2.56 bits per heavy atom. The molecule has 0 amide bonds. The summed E-state index contributed by atoms with van der Waals surface area (Å²) in [4.78, 5) is 18.8. The fourth-order valence-corrected chi connectivity index (χ4v) is 1.30. The van der Waals surface area contributed by atoms with Gasteiger partial charge in [0.1, 0.15) is 11.5 Å². The smallest absolute Gasteiger partial charge is 0.367 e. The Morgan fingerprint density at radius 2 is 2.12 bits per heavy atom.